The Morgan fingerprint density at radius 2 is 1.78 bits per heavy atom. The molecule has 36 heavy (non-hydrogen) atoms. The molecule has 0 radical (unpaired) electrons. The second-order valence-electron chi connectivity index (χ2n) is 7.54. The van der Waals surface area contributed by atoms with Crippen LogP contribution in [0.3, 0.4) is 0 Å². The van der Waals surface area contributed by atoms with Gasteiger partial charge >= 0.3 is 12.4 Å². The third-order valence-electron chi connectivity index (χ3n) is 4.52. The molecule has 1 aromatic carbocycles. The summed E-state index contributed by atoms with van der Waals surface area (Å²) >= 11 is 2.33. The summed E-state index contributed by atoms with van der Waals surface area (Å²) in [5.74, 6) is -0.546. The maximum atomic E-state index is 14.1. The van der Waals surface area contributed by atoms with Crippen molar-refractivity contribution in [3.63, 3.8) is 0 Å². The van der Waals surface area contributed by atoms with Crippen molar-refractivity contribution in [3.8, 4) is 0 Å². The van der Waals surface area contributed by atoms with Crippen molar-refractivity contribution in [1.82, 2.24) is 19.5 Å². The zero-order chi connectivity index (χ0) is 26.7. The van der Waals surface area contributed by atoms with E-state index in [2.05, 4.69) is 15.0 Å². The smallest absolute Gasteiger partial charge is 0.372 e. The number of hydrogen-bond acceptors (Lipinski definition) is 8. The lowest BCUT2D eigenvalue weighted by Crippen LogP contribution is -2.24. The number of benzene rings is 1. The normalized spacial score (nSPS) is 13.0. The summed E-state index contributed by atoms with van der Waals surface area (Å²) in [6.45, 7) is -0.439. The zero-order valence-corrected chi connectivity index (χ0v) is 21.0. The van der Waals surface area contributed by atoms with Gasteiger partial charge in [0.2, 0.25) is 5.95 Å². The van der Waals surface area contributed by atoms with Gasteiger partial charge in [0.05, 0.1) is 25.3 Å². The van der Waals surface area contributed by atoms with Crippen LogP contribution in [0.5, 0.6) is 0 Å². The van der Waals surface area contributed by atoms with Crippen molar-refractivity contribution in [3.05, 3.63) is 30.3 Å². The molecule has 0 aliphatic heterocycles. The molecular formula is C19H19F7N5O2PS2. The molecule has 3 aromatic rings. The van der Waals surface area contributed by atoms with Crippen LogP contribution in [0.1, 0.15) is 0 Å². The van der Waals surface area contributed by atoms with Gasteiger partial charge in [-0.3, -0.25) is 0 Å². The molecule has 17 heteroatoms. The van der Waals surface area contributed by atoms with Crippen molar-refractivity contribution >= 4 is 47.8 Å². The highest BCUT2D eigenvalue weighted by atomic mass is 32.2. The summed E-state index contributed by atoms with van der Waals surface area (Å²) < 4.78 is 109. The number of thioether (sulfide) groups is 1. The molecule has 0 saturated heterocycles. The molecule has 0 bridgehead atoms. The third-order valence-corrected chi connectivity index (χ3v) is 8.79. The first-order chi connectivity index (χ1) is 16.7. The summed E-state index contributed by atoms with van der Waals surface area (Å²) in [7, 11) is -4.76. The summed E-state index contributed by atoms with van der Waals surface area (Å²) in [4.78, 5) is 13.4. The number of nitrogens with two attached hydrogens (primary N) is 1. The van der Waals surface area contributed by atoms with E-state index >= 15 is 0 Å². The number of nitrogen functional groups attached to an aromatic ring is 1. The molecule has 198 valence electrons. The molecule has 0 spiro atoms. The van der Waals surface area contributed by atoms with Gasteiger partial charge in [-0.1, -0.05) is 11.8 Å². The van der Waals surface area contributed by atoms with Gasteiger partial charge in [0.1, 0.15) is 29.8 Å². The monoisotopic (exact) mass is 577 g/mol. The lowest BCUT2D eigenvalue weighted by Gasteiger charge is -2.21. The van der Waals surface area contributed by atoms with E-state index in [-0.39, 0.29) is 24.7 Å². The molecule has 7 nitrogen and oxygen atoms in total. The molecule has 0 aliphatic rings. The van der Waals surface area contributed by atoms with Crippen molar-refractivity contribution < 1.29 is 40.0 Å². The number of rotatable bonds is 10. The summed E-state index contributed by atoms with van der Waals surface area (Å²) in [5.41, 5.74) is 6.30. The van der Waals surface area contributed by atoms with Gasteiger partial charge in [0.15, 0.2) is 5.65 Å². The third kappa shape index (κ3) is 7.98. The van der Waals surface area contributed by atoms with Gasteiger partial charge in [-0.05, 0) is 24.5 Å². The highest BCUT2D eigenvalue weighted by Gasteiger charge is 2.46. The van der Waals surface area contributed by atoms with Crippen LogP contribution < -0.4 is 5.73 Å². The standard InChI is InChI=1S/C19H19F7N5O2PS2/c1-35-13-3-2-11(6-12(13)20)36-16-14-15(29-17(27)30-16)31(9-28-14)4-5-33-10-34(32,7-18(21,22)23)8-19(24,25)26/h2-3,6,9H,4-5,7-8,10H2,1H3,(H2,27,29,30). The van der Waals surface area contributed by atoms with Crippen LogP contribution in [0.2, 0.25) is 0 Å². The van der Waals surface area contributed by atoms with Gasteiger partial charge in [-0.2, -0.15) is 31.3 Å². The molecule has 0 fully saturated rings. The second-order valence-corrected chi connectivity index (χ2v) is 12.5. The van der Waals surface area contributed by atoms with Crippen LogP contribution in [0.15, 0.2) is 39.3 Å². The van der Waals surface area contributed by atoms with Gasteiger partial charge in [0, 0.05) is 16.3 Å². The van der Waals surface area contributed by atoms with E-state index in [1.165, 1.54) is 28.7 Å². The summed E-state index contributed by atoms with van der Waals surface area (Å²) in [5, 5.41) is 0.313. The predicted molar refractivity (Wildman–Crippen MR) is 122 cm³/mol. The average molecular weight is 577 g/mol. The Bertz CT molecular complexity index is 1250. The second kappa shape index (κ2) is 11.2. The first-order valence-corrected chi connectivity index (χ1v) is 14.3. The minimum absolute atomic E-state index is 0.0772. The number of ether oxygens (including phenoxy) is 1. The molecule has 0 aliphatic carbocycles. The molecule has 2 heterocycles. The predicted octanol–water partition coefficient (Wildman–Crippen LogP) is 5.88. The molecule has 0 atom stereocenters. The molecule has 2 N–H and O–H groups in total. The number of nitrogens with zero attached hydrogens (tertiary/aromatic N) is 4. The van der Waals surface area contributed by atoms with Crippen LogP contribution in [-0.4, -0.2) is 63.4 Å². The molecule has 0 saturated carbocycles. The molecule has 3 rings (SSSR count). The Morgan fingerprint density at radius 3 is 2.36 bits per heavy atom. The topological polar surface area (TPSA) is 95.9 Å². The lowest BCUT2D eigenvalue weighted by molar-refractivity contribution is -0.113. The molecule has 0 unspecified atom stereocenters. The number of fused-ring (bicyclic) bond motifs is 1. The summed E-state index contributed by atoms with van der Waals surface area (Å²) in [6.07, 6.45) is -12.4. The zero-order valence-electron chi connectivity index (χ0n) is 18.4. The van der Waals surface area contributed by atoms with Crippen LogP contribution in [0.4, 0.5) is 36.7 Å². The fourth-order valence-corrected chi connectivity index (χ4v) is 6.61. The highest BCUT2D eigenvalue weighted by molar-refractivity contribution is 7.99. The Morgan fingerprint density at radius 1 is 1.11 bits per heavy atom. The number of hydrogen-bond donors (Lipinski definition) is 1. The van der Waals surface area contributed by atoms with E-state index in [4.69, 9.17) is 10.5 Å². The molecule has 0 amide bonds. The summed E-state index contributed by atoms with van der Waals surface area (Å²) in [6, 6.07) is 4.62. The van der Waals surface area contributed by atoms with Crippen molar-refractivity contribution in [2.24, 2.45) is 0 Å². The first kappa shape index (κ1) is 28.5. The number of alkyl halides is 6. The number of anilines is 1. The Hall–Kier alpha value is -2.03. The van der Waals surface area contributed by atoms with E-state index < -0.39 is 44.0 Å². The van der Waals surface area contributed by atoms with E-state index in [0.29, 0.717) is 20.3 Å². The average Bonchev–Trinajstić information content (AvgIpc) is 3.11. The Balaban J connectivity index is 1.72. The van der Waals surface area contributed by atoms with Gasteiger partial charge in [0.25, 0.3) is 0 Å². The van der Waals surface area contributed by atoms with E-state index in [1.54, 1.807) is 18.4 Å². The SMILES string of the molecule is CSc1ccc(Sc2nc(N)nc3c2ncn3CCOCP(=O)(CC(F)(F)F)CC(F)(F)F)cc1F. The fraction of sp³-hybridized carbons (Fsp3) is 0.421. The van der Waals surface area contributed by atoms with Crippen molar-refractivity contribution in [1.29, 1.82) is 0 Å². The lowest BCUT2D eigenvalue weighted by atomic mass is 10.3. The molecular weight excluding hydrogens is 558 g/mol. The maximum Gasteiger partial charge on any atom is 0.395 e. The van der Waals surface area contributed by atoms with Crippen LogP contribution in [0.25, 0.3) is 11.2 Å². The van der Waals surface area contributed by atoms with Crippen LogP contribution >= 0.6 is 30.7 Å². The largest absolute Gasteiger partial charge is 0.395 e. The maximum absolute atomic E-state index is 14.1. The van der Waals surface area contributed by atoms with E-state index in [9.17, 15) is 35.3 Å². The first-order valence-electron chi connectivity index (χ1n) is 9.96. The Kier molecular flexibility index (Phi) is 8.84. The van der Waals surface area contributed by atoms with E-state index in [0.717, 1.165) is 11.8 Å². The minimum atomic E-state index is -5.04. The van der Waals surface area contributed by atoms with Crippen LogP contribution in [0, 0.1) is 5.82 Å². The molecule has 2 aromatic heterocycles. The number of halogens is 7. The number of imidazole rings is 1. The van der Waals surface area contributed by atoms with E-state index in [1.807, 2.05) is 0 Å². The van der Waals surface area contributed by atoms with Crippen LogP contribution in [-0.2, 0) is 15.8 Å². The van der Waals surface area contributed by atoms with Gasteiger partial charge < -0.3 is 19.6 Å². The Labute approximate surface area is 208 Å². The fourth-order valence-electron chi connectivity index (χ4n) is 3.19. The van der Waals surface area contributed by atoms with Gasteiger partial charge in [-0.25, -0.2) is 14.4 Å². The van der Waals surface area contributed by atoms with Gasteiger partial charge in [-0.15, -0.1) is 11.8 Å². The quantitative estimate of drug-likeness (QED) is 0.105. The highest BCUT2D eigenvalue weighted by Crippen LogP contribution is 2.53. The number of aromatic nitrogens is 4. The minimum Gasteiger partial charge on any atom is -0.372 e. The van der Waals surface area contributed by atoms with Crippen molar-refractivity contribution in [2.75, 3.05) is 37.3 Å². The van der Waals surface area contributed by atoms with Crippen molar-refractivity contribution in [2.45, 2.75) is 33.7 Å².